The van der Waals surface area contributed by atoms with E-state index in [2.05, 4.69) is 100 Å². The van der Waals surface area contributed by atoms with Crippen LogP contribution in [0.1, 0.15) is 36.1 Å². The average Bonchev–Trinajstić information content (AvgIpc) is 2.89. The van der Waals surface area contributed by atoms with Crippen LogP contribution < -0.4 is 0 Å². The minimum absolute atomic E-state index is 0.0121. The number of benzene rings is 4. The normalized spacial score (nSPS) is 14.2. The molecule has 0 atom stereocenters. The summed E-state index contributed by atoms with van der Waals surface area (Å²) in [5.74, 6) is 0. The van der Waals surface area contributed by atoms with E-state index in [-0.39, 0.29) is 5.41 Å². The first kappa shape index (κ1) is 16.3. The van der Waals surface area contributed by atoms with Gasteiger partial charge in [0.05, 0.1) is 0 Å². The summed E-state index contributed by atoms with van der Waals surface area (Å²) in [4.78, 5) is 0. The zero-order chi connectivity index (χ0) is 18.8. The van der Waals surface area contributed by atoms with Crippen LogP contribution in [0.2, 0.25) is 0 Å². The van der Waals surface area contributed by atoms with Gasteiger partial charge in [0.1, 0.15) is 0 Å². The van der Waals surface area contributed by atoms with Crippen LogP contribution >= 0.6 is 0 Å². The Morgan fingerprint density at radius 1 is 0.593 bits per heavy atom. The van der Waals surface area contributed by atoms with E-state index in [0.717, 1.165) is 0 Å². The second-order valence-electron chi connectivity index (χ2n) is 8.38. The van der Waals surface area contributed by atoms with Crippen molar-refractivity contribution < 1.29 is 0 Å². The molecule has 132 valence electrons. The van der Waals surface area contributed by atoms with Crippen LogP contribution in [0, 0.1) is 13.8 Å². The van der Waals surface area contributed by atoms with Gasteiger partial charge in [-0.2, -0.15) is 0 Å². The summed E-state index contributed by atoms with van der Waals surface area (Å²) in [7, 11) is 0. The van der Waals surface area contributed by atoms with Crippen LogP contribution in [0.3, 0.4) is 0 Å². The molecule has 0 aliphatic heterocycles. The van der Waals surface area contributed by atoms with E-state index in [9.17, 15) is 0 Å². The second kappa shape index (κ2) is 5.57. The van der Waals surface area contributed by atoms with Crippen molar-refractivity contribution in [3.05, 3.63) is 95.1 Å². The van der Waals surface area contributed by atoms with Gasteiger partial charge in [0, 0.05) is 5.41 Å². The Kier molecular flexibility index (Phi) is 3.37. The third kappa shape index (κ3) is 2.23. The zero-order valence-corrected chi connectivity index (χ0v) is 16.4. The maximum Gasteiger partial charge on any atom is 0.0159 e. The molecule has 1 aliphatic rings. The molecule has 27 heavy (non-hydrogen) atoms. The Morgan fingerprint density at radius 2 is 1.30 bits per heavy atom. The van der Waals surface area contributed by atoms with Crippen molar-refractivity contribution >= 4 is 10.8 Å². The van der Waals surface area contributed by atoms with Crippen molar-refractivity contribution in [1.82, 2.24) is 0 Å². The molecule has 5 rings (SSSR count). The average molecular weight is 348 g/mol. The SMILES string of the molecule is Cc1ccc2c(c1)C(C)(C)c1cc(-c3ccccc3C)c3ccccc3c1-2. The van der Waals surface area contributed by atoms with Crippen molar-refractivity contribution in [3.8, 4) is 22.3 Å². The highest BCUT2D eigenvalue weighted by Gasteiger charge is 2.37. The zero-order valence-electron chi connectivity index (χ0n) is 16.4. The summed E-state index contributed by atoms with van der Waals surface area (Å²) in [6.45, 7) is 9.14. The molecule has 0 radical (unpaired) electrons. The van der Waals surface area contributed by atoms with Crippen LogP contribution in [0.5, 0.6) is 0 Å². The Labute approximate surface area is 161 Å². The summed E-state index contributed by atoms with van der Waals surface area (Å²) in [6.07, 6.45) is 0. The molecule has 0 unspecified atom stereocenters. The van der Waals surface area contributed by atoms with E-state index >= 15 is 0 Å². The minimum Gasteiger partial charge on any atom is -0.0620 e. The third-order valence-corrected chi connectivity index (χ3v) is 6.27. The molecular formula is C27H24. The smallest absolute Gasteiger partial charge is 0.0159 e. The topological polar surface area (TPSA) is 0 Å². The predicted octanol–water partition coefficient (Wildman–Crippen LogP) is 7.43. The molecule has 0 N–H and O–H groups in total. The molecule has 1 aliphatic carbocycles. The van der Waals surface area contributed by atoms with Crippen molar-refractivity contribution in [2.45, 2.75) is 33.1 Å². The molecule has 0 saturated heterocycles. The van der Waals surface area contributed by atoms with Gasteiger partial charge in [0.2, 0.25) is 0 Å². The first-order valence-electron chi connectivity index (χ1n) is 9.72. The van der Waals surface area contributed by atoms with Gasteiger partial charge < -0.3 is 0 Å². The second-order valence-corrected chi connectivity index (χ2v) is 8.38. The molecule has 0 aromatic heterocycles. The highest BCUT2D eigenvalue weighted by Crippen LogP contribution is 2.53. The van der Waals surface area contributed by atoms with Crippen LogP contribution in [-0.4, -0.2) is 0 Å². The highest BCUT2D eigenvalue weighted by molar-refractivity contribution is 6.09. The molecule has 0 amide bonds. The molecule has 4 aromatic carbocycles. The van der Waals surface area contributed by atoms with E-state index in [0.29, 0.717) is 0 Å². The van der Waals surface area contributed by atoms with Crippen molar-refractivity contribution in [2.24, 2.45) is 0 Å². The Morgan fingerprint density at radius 3 is 2.07 bits per heavy atom. The first-order valence-corrected chi connectivity index (χ1v) is 9.72. The molecule has 0 fully saturated rings. The largest absolute Gasteiger partial charge is 0.0620 e. The van der Waals surface area contributed by atoms with E-state index in [1.807, 2.05) is 0 Å². The van der Waals surface area contributed by atoms with Crippen molar-refractivity contribution in [1.29, 1.82) is 0 Å². The van der Waals surface area contributed by atoms with Crippen molar-refractivity contribution in [3.63, 3.8) is 0 Å². The Balaban J connectivity index is 1.94. The molecule has 4 aromatic rings. The first-order chi connectivity index (χ1) is 13.0. The fourth-order valence-electron chi connectivity index (χ4n) is 4.79. The number of fused-ring (bicyclic) bond motifs is 5. The number of rotatable bonds is 1. The van der Waals surface area contributed by atoms with E-state index < -0.39 is 0 Å². The summed E-state index contributed by atoms with van der Waals surface area (Å²) >= 11 is 0. The van der Waals surface area contributed by atoms with Gasteiger partial charge in [-0.15, -0.1) is 0 Å². The highest BCUT2D eigenvalue weighted by atomic mass is 14.4. The van der Waals surface area contributed by atoms with E-state index in [4.69, 9.17) is 0 Å². The van der Waals surface area contributed by atoms with Gasteiger partial charge in [0.25, 0.3) is 0 Å². The molecule has 0 heteroatoms. The van der Waals surface area contributed by atoms with Gasteiger partial charge in [-0.3, -0.25) is 0 Å². The van der Waals surface area contributed by atoms with Gasteiger partial charge in [-0.25, -0.2) is 0 Å². The Bertz CT molecular complexity index is 1210. The molecule has 0 nitrogen and oxygen atoms in total. The molecule has 0 spiro atoms. The summed E-state index contributed by atoms with van der Waals surface area (Å²) < 4.78 is 0. The quantitative estimate of drug-likeness (QED) is 0.335. The van der Waals surface area contributed by atoms with Crippen LogP contribution in [0.4, 0.5) is 0 Å². The minimum atomic E-state index is 0.0121. The lowest BCUT2D eigenvalue weighted by atomic mass is 9.80. The van der Waals surface area contributed by atoms with Crippen LogP contribution in [0.25, 0.3) is 33.0 Å². The molecular weight excluding hydrogens is 324 g/mol. The summed E-state index contributed by atoms with van der Waals surface area (Å²) in [6, 6.07) is 27.0. The lowest BCUT2D eigenvalue weighted by Crippen LogP contribution is -2.15. The molecule has 0 bridgehead atoms. The summed E-state index contributed by atoms with van der Waals surface area (Å²) in [5, 5.41) is 2.71. The lowest BCUT2D eigenvalue weighted by molar-refractivity contribution is 0.660. The fraction of sp³-hybridized carbons (Fsp3) is 0.185. The maximum atomic E-state index is 2.45. The maximum absolute atomic E-state index is 2.45. The van der Waals surface area contributed by atoms with Gasteiger partial charge >= 0.3 is 0 Å². The van der Waals surface area contributed by atoms with Gasteiger partial charge in [-0.1, -0.05) is 86.1 Å². The third-order valence-electron chi connectivity index (χ3n) is 6.27. The number of hydrogen-bond donors (Lipinski definition) is 0. The van der Waals surface area contributed by atoms with Crippen LogP contribution in [0.15, 0.2) is 72.8 Å². The van der Waals surface area contributed by atoms with Gasteiger partial charge in [0.15, 0.2) is 0 Å². The Hall–Kier alpha value is -2.86. The fourth-order valence-corrected chi connectivity index (χ4v) is 4.79. The number of hydrogen-bond acceptors (Lipinski definition) is 0. The lowest BCUT2D eigenvalue weighted by Gasteiger charge is -2.23. The van der Waals surface area contributed by atoms with E-state index in [1.54, 1.807) is 0 Å². The van der Waals surface area contributed by atoms with Crippen LogP contribution in [-0.2, 0) is 5.41 Å². The summed E-state index contributed by atoms with van der Waals surface area (Å²) in [5.41, 5.74) is 11.1. The number of aryl methyl sites for hydroxylation is 2. The molecule has 0 heterocycles. The van der Waals surface area contributed by atoms with E-state index in [1.165, 1.54) is 55.3 Å². The molecule has 0 saturated carbocycles. The van der Waals surface area contributed by atoms with Gasteiger partial charge in [-0.05, 0) is 69.6 Å². The van der Waals surface area contributed by atoms with Crippen molar-refractivity contribution in [2.75, 3.05) is 0 Å². The monoisotopic (exact) mass is 348 g/mol. The standard InChI is InChI=1S/C27H24/c1-17-13-14-22-24(15-17)27(3,4)25-16-23(19-10-6-5-9-18(19)2)20-11-7-8-12-21(20)26(22)25/h5-16H,1-4H3. The predicted molar refractivity (Wildman–Crippen MR) is 116 cm³/mol.